The van der Waals surface area contributed by atoms with Gasteiger partial charge in [0, 0.05) is 22.7 Å². The third-order valence-corrected chi connectivity index (χ3v) is 4.27. The molecule has 2 aromatic carbocycles. The average molecular weight is 333 g/mol. The molecule has 1 heterocycles. The van der Waals surface area contributed by atoms with Crippen LogP contribution in [0.4, 0.5) is 5.13 Å². The molecule has 0 aliphatic carbocycles. The van der Waals surface area contributed by atoms with E-state index in [4.69, 9.17) is 23.2 Å². The SMILES string of the molecule is Clc1cccc(Cl)c1C=Nc1nc(-c2ccccc2)cs1. The molecule has 0 radical (unpaired) electrons. The molecule has 5 heteroatoms. The van der Waals surface area contributed by atoms with Crippen molar-refractivity contribution in [2.24, 2.45) is 4.99 Å². The fraction of sp³-hybridized carbons (Fsp3) is 0. The molecular formula is C16H10Cl2N2S. The normalized spacial score (nSPS) is 11.1. The molecule has 1 aromatic heterocycles. The smallest absolute Gasteiger partial charge is 0.209 e. The molecule has 0 aliphatic rings. The summed E-state index contributed by atoms with van der Waals surface area (Å²) in [5.41, 5.74) is 2.70. The first-order chi connectivity index (χ1) is 10.2. The Labute approximate surface area is 136 Å². The van der Waals surface area contributed by atoms with Gasteiger partial charge in [0.25, 0.3) is 0 Å². The third-order valence-electron chi connectivity index (χ3n) is 2.87. The summed E-state index contributed by atoms with van der Waals surface area (Å²) in [4.78, 5) is 8.85. The van der Waals surface area contributed by atoms with E-state index in [1.807, 2.05) is 35.7 Å². The Bertz CT molecular complexity index is 762. The first-order valence-electron chi connectivity index (χ1n) is 6.23. The molecule has 0 atom stereocenters. The first kappa shape index (κ1) is 14.3. The Morgan fingerprint density at radius 3 is 2.38 bits per heavy atom. The molecule has 104 valence electrons. The molecule has 0 saturated heterocycles. The lowest BCUT2D eigenvalue weighted by Gasteiger charge is -1.99. The van der Waals surface area contributed by atoms with Gasteiger partial charge in [-0.3, -0.25) is 0 Å². The summed E-state index contributed by atoms with van der Waals surface area (Å²) in [6, 6.07) is 15.4. The summed E-state index contributed by atoms with van der Waals surface area (Å²) in [7, 11) is 0. The van der Waals surface area contributed by atoms with Gasteiger partial charge in [0.2, 0.25) is 5.13 Å². The highest BCUT2D eigenvalue weighted by Gasteiger charge is 2.05. The number of benzene rings is 2. The Balaban J connectivity index is 1.86. The van der Waals surface area contributed by atoms with Crippen molar-refractivity contribution in [1.82, 2.24) is 4.98 Å². The molecule has 3 rings (SSSR count). The lowest BCUT2D eigenvalue weighted by atomic mass is 10.2. The van der Waals surface area contributed by atoms with E-state index < -0.39 is 0 Å². The molecule has 21 heavy (non-hydrogen) atoms. The molecule has 0 saturated carbocycles. The molecule has 0 spiro atoms. The van der Waals surface area contributed by atoms with Crippen molar-refractivity contribution in [2.45, 2.75) is 0 Å². The highest BCUT2D eigenvalue weighted by atomic mass is 35.5. The van der Waals surface area contributed by atoms with Crippen molar-refractivity contribution in [3.05, 3.63) is 69.5 Å². The number of thiazole rings is 1. The highest BCUT2D eigenvalue weighted by molar-refractivity contribution is 7.13. The summed E-state index contributed by atoms with van der Waals surface area (Å²) in [6.07, 6.45) is 1.65. The quantitative estimate of drug-likeness (QED) is 0.551. The molecular weight excluding hydrogens is 323 g/mol. The third kappa shape index (κ3) is 3.32. The van der Waals surface area contributed by atoms with Crippen LogP contribution in [0.3, 0.4) is 0 Å². The van der Waals surface area contributed by atoms with Gasteiger partial charge in [-0.1, -0.05) is 59.6 Å². The molecule has 0 bridgehead atoms. The number of hydrogen-bond acceptors (Lipinski definition) is 3. The van der Waals surface area contributed by atoms with Crippen molar-refractivity contribution < 1.29 is 0 Å². The van der Waals surface area contributed by atoms with Gasteiger partial charge in [-0.2, -0.15) is 0 Å². The minimum absolute atomic E-state index is 0.575. The molecule has 0 unspecified atom stereocenters. The maximum Gasteiger partial charge on any atom is 0.209 e. The van der Waals surface area contributed by atoms with Crippen LogP contribution in [0, 0.1) is 0 Å². The van der Waals surface area contributed by atoms with Crippen LogP contribution in [0.1, 0.15) is 5.56 Å². The zero-order chi connectivity index (χ0) is 14.7. The van der Waals surface area contributed by atoms with E-state index in [-0.39, 0.29) is 0 Å². The van der Waals surface area contributed by atoms with E-state index in [0.717, 1.165) is 11.3 Å². The van der Waals surface area contributed by atoms with Crippen LogP contribution < -0.4 is 0 Å². The van der Waals surface area contributed by atoms with E-state index in [1.165, 1.54) is 11.3 Å². The molecule has 0 aliphatic heterocycles. The molecule has 0 fully saturated rings. The van der Waals surface area contributed by atoms with Crippen molar-refractivity contribution in [2.75, 3.05) is 0 Å². The number of halogens is 2. The van der Waals surface area contributed by atoms with Crippen LogP contribution in [0.5, 0.6) is 0 Å². The number of hydrogen-bond donors (Lipinski definition) is 0. The minimum atomic E-state index is 0.575. The second-order valence-electron chi connectivity index (χ2n) is 4.27. The largest absolute Gasteiger partial charge is 0.227 e. The Hall–Kier alpha value is -1.68. The van der Waals surface area contributed by atoms with E-state index in [9.17, 15) is 0 Å². The van der Waals surface area contributed by atoms with Crippen molar-refractivity contribution in [1.29, 1.82) is 0 Å². The van der Waals surface area contributed by atoms with Crippen LogP contribution in [0.15, 0.2) is 58.9 Å². The summed E-state index contributed by atoms with van der Waals surface area (Å²) in [5, 5.41) is 3.80. The van der Waals surface area contributed by atoms with E-state index in [2.05, 4.69) is 9.98 Å². The molecule has 0 N–H and O–H groups in total. The molecule has 3 aromatic rings. The maximum absolute atomic E-state index is 6.10. The fourth-order valence-corrected chi connectivity index (χ4v) is 2.98. The fourth-order valence-electron chi connectivity index (χ4n) is 1.82. The predicted octanol–water partition coefficient (Wildman–Crippen LogP) is 5.87. The zero-order valence-electron chi connectivity index (χ0n) is 10.8. The Morgan fingerprint density at radius 2 is 1.67 bits per heavy atom. The van der Waals surface area contributed by atoms with Crippen molar-refractivity contribution >= 4 is 45.9 Å². The Kier molecular flexibility index (Phi) is 4.34. The van der Waals surface area contributed by atoms with Gasteiger partial charge in [-0.05, 0) is 12.1 Å². The predicted molar refractivity (Wildman–Crippen MR) is 91.3 cm³/mol. The first-order valence-corrected chi connectivity index (χ1v) is 7.86. The van der Waals surface area contributed by atoms with Gasteiger partial charge in [0.1, 0.15) is 0 Å². The zero-order valence-corrected chi connectivity index (χ0v) is 13.2. The number of aliphatic imine (C=N–C) groups is 1. The highest BCUT2D eigenvalue weighted by Crippen LogP contribution is 2.28. The van der Waals surface area contributed by atoms with Crippen LogP contribution in [0.2, 0.25) is 10.0 Å². The van der Waals surface area contributed by atoms with Crippen LogP contribution in [0.25, 0.3) is 11.3 Å². The lowest BCUT2D eigenvalue weighted by molar-refractivity contribution is 1.36. The van der Waals surface area contributed by atoms with Gasteiger partial charge in [-0.15, -0.1) is 11.3 Å². The number of nitrogens with zero attached hydrogens (tertiary/aromatic N) is 2. The van der Waals surface area contributed by atoms with Crippen molar-refractivity contribution in [3.63, 3.8) is 0 Å². The summed E-state index contributed by atoms with van der Waals surface area (Å²) >= 11 is 13.7. The standard InChI is InChI=1S/C16H10Cl2N2S/c17-13-7-4-8-14(18)12(13)9-19-16-20-15(10-21-16)11-5-2-1-3-6-11/h1-10H. The summed E-state index contributed by atoms with van der Waals surface area (Å²) < 4.78 is 0. The average Bonchev–Trinajstić information content (AvgIpc) is 2.97. The van der Waals surface area contributed by atoms with Gasteiger partial charge in [0.15, 0.2) is 0 Å². The molecule has 0 amide bonds. The van der Waals surface area contributed by atoms with Gasteiger partial charge >= 0.3 is 0 Å². The number of aromatic nitrogens is 1. The minimum Gasteiger partial charge on any atom is -0.227 e. The monoisotopic (exact) mass is 332 g/mol. The Morgan fingerprint density at radius 1 is 0.952 bits per heavy atom. The summed E-state index contributed by atoms with van der Waals surface area (Å²) in [6.45, 7) is 0. The topological polar surface area (TPSA) is 25.2 Å². The second kappa shape index (κ2) is 6.39. The van der Waals surface area contributed by atoms with Gasteiger partial charge in [-0.25, -0.2) is 9.98 Å². The number of rotatable bonds is 3. The lowest BCUT2D eigenvalue weighted by Crippen LogP contribution is -1.84. The van der Waals surface area contributed by atoms with Gasteiger partial charge in [0.05, 0.1) is 15.7 Å². The molecule has 2 nitrogen and oxygen atoms in total. The van der Waals surface area contributed by atoms with E-state index in [0.29, 0.717) is 20.7 Å². The van der Waals surface area contributed by atoms with Crippen LogP contribution >= 0.6 is 34.5 Å². The van der Waals surface area contributed by atoms with E-state index >= 15 is 0 Å². The maximum atomic E-state index is 6.10. The van der Waals surface area contributed by atoms with Gasteiger partial charge < -0.3 is 0 Å². The van der Waals surface area contributed by atoms with Crippen molar-refractivity contribution in [3.8, 4) is 11.3 Å². The van der Waals surface area contributed by atoms with E-state index in [1.54, 1.807) is 24.4 Å². The summed E-state index contributed by atoms with van der Waals surface area (Å²) in [5.74, 6) is 0. The van der Waals surface area contributed by atoms with Crippen LogP contribution in [-0.2, 0) is 0 Å². The van der Waals surface area contributed by atoms with Crippen LogP contribution in [-0.4, -0.2) is 11.2 Å². The second-order valence-corrected chi connectivity index (χ2v) is 5.93.